The molecule has 9 unspecified atom stereocenters. The highest BCUT2D eigenvalue weighted by molar-refractivity contribution is 5.78. The van der Waals surface area contributed by atoms with Gasteiger partial charge in [0.15, 0.2) is 0 Å². The van der Waals surface area contributed by atoms with E-state index in [0.29, 0.717) is 53.1 Å². The van der Waals surface area contributed by atoms with Gasteiger partial charge in [-0.2, -0.15) is 5.10 Å². The van der Waals surface area contributed by atoms with Crippen LogP contribution in [0.3, 0.4) is 0 Å². The van der Waals surface area contributed by atoms with Crippen molar-refractivity contribution in [2.75, 3.05) is 27.8 Å². The van der Waals surface area contributed by atoms with Crippen LogP contribution >= 0.6 is 0 Å². The van der Waals surface area contributed by atoms with Crippen molar-refractivity contribution in [3.63, 3.8) is 0 Å². The van der Waals surface area contributed by atoms with Crippen molar-refractivity contribution in [2.45, 2.75) is 83.1 Å². The van der Waals surface area contributed by atoms with Crippen LogP contribution < -0.4 is 11.0 Å². The first kappa shape index (κ1) is 28.4. The highest BCUT2D eigenvalue weighted by Gasteiger charge is 2.46. The van der Waals surface area contributed by atoms with Gasteiger partial charge < -0.3 is 28.9 Å². The largest absolute Gasteiger partial charge is 0.381 e. The van der Waals surface area contributed by atoms with Gasteiger partial charge in [0, 0.05) is 71.8 Å². The number of aromatic nitrogens is 2. The minimum atomic E-state index is 0.0242. The third-order valence-electron chi connectivity index (χ3n) is 10.5. The molecule has 218 valence electrons. The smallest absolute Gasteiger partial charge is 0.225 e. The highest BCUT2D eigenvalue weighted by atomic mass is 16.5. The number of nitrogens with zero attached hydrogens (tertiary/aromatic N) is 4. The quantitative estimate of drug-likeness (QED) is 0.527. The summed E-state index contributed by atoms with van der Waals surface area (Å²) in [5.41, 5.74) is 3.89. The molecule has 4 aliphatic rings. The topological polar surface area (TPSA) is 96.9 Å². The zero-order valence-corrected chi connectivity index (χ0v) is 24.6. The molecule has 0 radical (unpaired) electrons. The van der Waals surface area contributed by atoms with Gasteiger partial charge in [-0.3, -0.25) is 10.2 Å². The van der Waals surface area contributed by atoms with E-state index >= 15 is 0 Å². The molecule has 2 heterocycles. The molecule has 3 fully saturated rings. The van der Waals surface area contributed by atoms with Gasteiger partial charge in [-0.05, 0) is 81.0 Å². The van der Waals surface area contributed by atoms with E-state index in [-0.39, 0.29) is 18.1 Å². The summed E-state index contributed by atoms with van der Waals surface area (Å²) in [6, 6.07) is 0.445. The van der Waals surface area contributed by atoms with Crippen LogP contribution in [0.5, 0.6) is 0 Å². The summed E-state index contributed by atoms with van der Waals surface area (Å²) < 4.78 is 15.3. The van der Waals surface area contributed by atoms with Crippen LogP contribution in [0.4, 0.5) is 0 Å². The van der Waals surface area contributed by atoms with Crippen LogP contribution in [0.1, 0.15) is 58.3 Å². The molecule has 3 saturated carbocycles. The summed E-state index contributed by atoms with van der Waals surface area (Å²) in [6.45, 7) is 3.98. The van der Waals surface area contributed by atoms with E-state index in [1.807, 2.05) is 36.0 Å². The molecule has 3 aliphatic carbocycles. The van der Waals surface area contributed by atoms with Gasteiger partial charge in [0.1, 0.15) is 0 Å². The lowest BCUT2D eigenvalue weighted by Gasteiger charge is -2.46. The van der Waals surface area contributed by atoms with E-state index in [1.54, 1.807) is 14.2 Å². The van der Waals surface area contributed by atoms with E-state index in [4.69, 9.17) is 14.9 Å². The lowest BCUT2D eigenvalue weighted by Crippen LogP contribution is -2.47. The van der Waals surface area contributed by atoms with Crippen molar-refractivity contribution >= 4 is 12.1 Å². The Labute approximate surface area is 233 Å². The Kier molecular flexibility index (Phi) is 8.86. The van der Waals surface area contributed by atoms with E-state index in [2.05, 4.69) is 28.2 Å². The number of hydrogen-bond acceptors (Lipinski definition) is 6. The third kappa shape index (κ3) is 6.14. The lowest BCUT2D eigenvalue weighted by atomic mass is 9.59. The Morgan fingerprint density at radius 2 is 1.82 bits per heavy atom. The van der Waals surface area contributed by atoms with Crippen LogP contribution in [0.15, 0.2) is 17.5 Å². The number of imidazole rings is 1. The first-order valence-electron chi connectivity index (χ1n) is 15.1. The van der Waals surface area contributed by atoms with Gasteiger partial charge >= 0.3 is 0 Å². The van der Waals surface area contributed by atoms with Gasteiger partial charge in [-0.25, -0.2) is 0 Å². The Morgan fingerprint density at radius 3 is 2.49 bits per heavy atom. The maximum Gasteiger partial charge on any atom is 0.225 e. The summed E-state index contributed by atoms with van der Waals surface area (Å²) in [7, 11) is 7.49. The van der Waals surface area contributed by atoms with Gasteiger partial charge in [-0.15, -0.1) is 0 Å². The SMILES string of the molecule is COC1CC(CN(C)C(=O)C2CC(Cn3ccn(C)c3=N)CC(C3C(C)CCC4NN=CC43)C2)CC(OC)C1. The van der Waals surface area contributed by atoms with Crippen molar-refractivity contribution in [3.8, 4) is 0 Å². The number of amides is 1. The number of rotatable bonds is 8. The molecule has 1 aromatic heterocycles. The molecular formula is C30H50N6O3. The van der Waals surface area contributed by atoms with Gasteiger partial charge in [-0.1, -0.05) is 6.92 Å². The van der Waals surface area contributed by atoms with E-state index in [9.17, 15) is 4.79 Å². The second kappa shape index (κ2) is 12.2. The molecular weight excluding hydrogens is 492 g/mol. The average molecular weight is 543 g/mol. The molecule has 39 heavy (non-hydrogen) atoms. The summed E-state index contributed by atoms with van der Waals surface area (Å²) in [5.74, 6) is 3.22. The Bertz CT molecular complexity index is 1060. The average Bonchev–Trinajstić information content (AvgIpc) is 3.54. The number of fused-ring (bicyclic) bond motifs is 1. The van der Waals surface area contributed by atoms with E-state index in [0.717, 1.165) is 51.6 Å². The van der Waals surface area contributed by atoms with Gasteiger partial charge in [0.2, 0.25) is 11.5 Å². The van der Waals surface area contributed by atoms with Gasteiger partial charge in [0.05, 0.1) is 18.2 Å². The molecule has 1 aliphatic heterocycles. The number of ether oxygens (including phenoxy) is 2. The van der Waals surface area contributed by atoms with E-state index < -0.39 is 0 Å². The Hall–Kier alpha value is -2.13. The normalized spacial score (nSPS) is 38.3. The minimum absolute atomic E-state index is 0.0242. The van der Waals surface area contributed by atoms with Crippen molar-refractivity contribution in [2.24, 2.45) is 53.6 Å². The van der Waals surface area contributed by atoms with Crippen molar-refractivity contribution in [3.05, 3.63) is 18.0 Å². The molecule has 1 amide bonds. The predicted octanol–water partition coefficient (Wildman–Crippen LogP) is 3.25. The maximum absolute atomic E-state index is 14.1. The second-order valence-electron chi connectivity index (χ2n) is 13.1. The molecule has 2 N–H and O–H groups in total. The van der Waals surface area contributed by atoms with Crippen LogP contribution in [-0.4, -0.2) is 72.2 Å². The summed E-state index contributed by atoms with van der Waals surface area (Å²) >= 11 is 0. The van der Waals surface area contributed by atoms with Crippen molar-refractivity contribution in [1.82, 2.24) is 19.5 Å². The summed E-state index contributed by atoms with van der Waals surface area (Å²) in [5, 5.41) is 13.0. The fourth-order valence-electron chi connectivity index (χ4n) is 8.58. The fourth-order valence-corrected chi connectivity index (χ4v) is 8.58. The molecule has 0 aromatic carbocycles. The first-order valence-corrected chi connectivity index (χ1v) is 15.1. The molecule has 9 heteroatoms. The summed E-state index contributed by atoms with van der Waals surface area (Å²) in [6.07, 6.45) is 14.8. The predicted molar refractivity (Wildman–Crippen MR) is 151 cm³/mol. The first-order chi connectivity index (χ1) is 18.8. The van der Waals surface area contributed by atoms with Gasteiger partial charge in [0.25, 0.3) is 0 Å². The van der Waals surface area contributed by atoms with Crippen LogP contribution in [0.2, 0.25) is 0 Å². The molecule has 9 nitrogen and oxygen atoms in total. The third-order valence-corrected chi connectivity index (χ3v) is 10.5. The zero-order chi connectivity index (χ0) is 27.7. The molecule has 9 atom stereocenters. The fraction of sp³-hybridized carbons (Fsp3) is 0.833. The maximum atomic E-state index is 14.1. The number of hydrogen-bond donors (Lipinski definition) is 2. The lowest BCUT2D eigenvalue weighted by molar-refractivity contribution is -0.138. The molecule has 0 spiro atoms. The van der Waals surface area contributed by atoms with Crippen molar-refractivity contribution in [1.29, 1.82) is 5.41 Å². The highest BCUT2D eigenvalue weighted by Crippen LogP contribution is 2.48. The number of aryl methyl sites for hydroxylation is 1. The van der Waals surface area contributed by atoms with Crippen LogP contribution in [-0.2, 0) is 27.9 Å². The number of hydrazone groups is 1. The zero-order valence-electron chi connectivity index (χ0n) is 24.6. The Morgan fingerprint density at radius 1 is 1.08 bits per heavy atom. The number of methoxy groups -OCH3 is 2. The molecule has 0 bridgehead atoms. The van der Waals surface area contributed by atoms with Crippen LogP contribution in [0, 0.1) is 46.8 Å². The molecule has 1 aromatic rings. The summed E-state index contributed by atoms with van der Waals surface area (Å²) in [4.78, 5) is 16.1. The second-order valence-corrected chi connectivity index (χ2v) is 13.1. The van der Waals surface area contributed by atoms with Crippen molar-refractivity contribution < 1.29 is 14.3 Å². The van der Waals surface area contributed by atoms with E-state index in [1.165, 1.54) is 12.8 Å². The number of carbonyl (C=O) groups excluding carboxylic acids is 1. The van der Waals surface area contributed by atoms with Crippen LogP contribution in [0.25, 0.3) is 0 Å². The standard InChI is InChI=1S/C30H50N6O3/c1-19-6-7-27-26(16-32-33-27)28(19)22-10-20(18-36-9-8-34(2)30(36)31)11-23(14-22)29(37)35(3)17-21-12-24(38-4)15-25(13-21)39-5/h8-9,16,19-28,31,33H,6-7,10-15,17-18H2,1-5H3. The monoisotopic (exact) mass is 542 g/mol. The number of carbonyl (C=O) groups is 1. The molecule has 5 rings (SSSR count). The molecule has 0 saturated heterocycles. The minimum Gasteiger partial charge on any atom is -0.381 e. The number of nitrogens with one attached hydrogen (secondary N) is 2. The Balaban J connectivity index is 1.32.